The SMILES string of the molecule is CCn1ccc(C(=O)/C=C/C=C/c2ccco2)n1. The Hall–Kier alpha value is -2.36. The number of furan rings is 1. The highest BCUT2D eigenvalue weighted by Crippen LogP contribution is 2.03. The highest BCUT2D eigenvalue weighted by Gasteiger charge is 2.04. The second-order valence-corrected chi connectivity index (χ2v) is 3.65. The fourth-order valence-corrected chi connectivity index (χ4v) is 1.43. The molecule has 2 rings (SSSR count). The molecular weight excluding hydrogens is 228 g/mol. The first-order chi connectivity index (χ1) is 8.79. The molecule has 0 aromatic carbocycles. The molecule has 4 heteroatoms. The zero-order valence-electron chi connectivity index (χ0n) is 10.1. The van der Waals surface area contributed by atoms with Crippen molar-refractivity contribution in [1.82, 2.24) is 9.78 Å². The maximum atomic E-state index is 11.7. The van der Waals surface area contributed by atoms with E-state index in [0.717, 1.165) is 12.3 Å². The molecule has 0 amide bonds. The summed E-state index contributed by atoms with van der Waals surface area (Å²) in [4.78, 5) is 11.7. The van der Waals surface area contributed by atoms with Gasteiger partial charge >= 0.3 is 0 Å². The summed E-state index contributed by atoms with van der Waals surface area (Å²) in [6.07, 6.45) is 10.1. The number of ketones is 1. The normalized spacial score (nSPS) is 11.6. The van der Waals surface area contributed by atoms with E-state index in [1.807, 2.05) is 19.1 Å². The maximum Gasteiger partial charge on any atom is 0.206 e. The fourth-order valence-electron chi connectivity index (χ4n) is 1.43. The van der Waals surface area contributed by atoms with Crippen molar-refractivity contribution in [2.75, 3.05) is 0 Å². The lowest BCUT2D eigenvalue weighted by Gasteiger charge is -1.91. The van der Waals surface area contributed by atoms with Crippen molar-refractivity contribution in [2.24, 2.45) is 0 Å². The summed E-state index contributed by atoms with van der Waals surface area (Å²) in [7, 11) is 0. The van der Waals surface area contributed by atoms with Crippen molar-refractivity contribution < 1.29 is 9.21 Å². The molecule has 0 aliphatic heterocycles. The van der Waals surface area contributed by atoms with Crippen LogP contribution in [0.4, 0.5) is 0 Å². The highest BCUT2D eigenvalue weighted by atomic mass is 16.3. The molecule has 0 spiro atoms. The third kappa shape index (κ3) is 3.07. The van der Waals surface area contributed by atoms with Gasteiger partial charge in [0, 0.05) is 12.7 Å². The van der Waals surface area contributed by atoms with E-state index in [9.17, 15) is 4.79 Å². The maximum absolute atomic E-state index is 11.7. The molecule has 4 nitrogen and oxygen atoms in total. The summed E-state index contributed by atoms with van der Waals surface area (Å²) < 4.78 is 6.84. The highest BCUT2D eigenvalue weighted by molar-refractivity contribution is 6.03. The number of hydrogen-bond acceptors (Lipinski definition) is 3. The molecule has 2 heterocycles. The number of rotatable bonds is 5. The van der Waals surface area contributed by atoms with Gasteiger partial charge in [0.15, 0.2) is 0 Å². The molecule has 0 atom stereocenters. The van der Waals surface area contributed by atoms with Gasteiger partial charge in [0.2, 0.25) is 5.78 Å². The van der Waals surface area contributed by atoms with Crippen LogP contribution in [0.25, 0.3) is 6.08 Å². The van der Waals surface area contributed by atoms with Gasteiger partial charge in [0.05, 0.1) is 6.26 Å². The van der Waals surface area contributed by atoms with Gasteiger partial charge in [-0.15, -0.1) is 0 Å². The summed E-state index contributed by atoms with van der Waals surface area (Å²) >= 11 is 0. The van der Waals surface area contributed by atoms with E-state index < -0.39 is 0 Å². The van der Waals surface area contributed by atoms with Crippen LogP contribution in [0.5, 0.6) is 0 Å². The number of aryl methyl sites for hydroxylation is 1. The monoisotopic (exact) mass is 242 g/mol. The second-order valence-electron chi connectivity index (χ2n) is 3.65. The number of hydrogen-bond donors (Lipinski definition) is 0. The molecule has 0 N–H and O–H groups in total. The lowest BCUT2D eigenvalue weighted by atomic mass is 10.2. The average molecular weight is 242 g/mol. The van der Waals surface area contributed by atoms with Crippen LogP contribution in [0.2, 0.25) is 0 Å². The molecule has 2 aromatic heterocycles. The minimum atomic E-state index is -0.105. The van der Waals surface area contributed by atoms with Crippen LogP contribution in [0.1, 0.15) is 23.2 Å². The topological polar surface area (TPSA) is 48.0 Å². The van der Waals surface area contributed by atoms with Crippen molar-refractivity contribution in [3.8, 4) is 0 Å². The molecule has 0 bridgehead atoms. The summed E-state index contributed by atoms with van der Waals surface area (Å²) in [5.41, 5.74) is 0.458. The fraction of sp³-hybridized carbons (Fsp3) is 0.143. The van der Waals surface area contributed by atoms with E-state index in [1.54, 1.807) is 41.4 Å². The summed E-state index contributed by atoms with van der Waals surface area (Å²) in [5.74, 6) is 0.647. The first kappa shape index (κ1) is 12.1. The van der Waals surface area contributed by atoms with Crippen LogP contribution in [0, 0.1) is 0 Å². The molecule has 18 heavy (non-hydrogen) atoms. The molecular formula is C14H14N2O2. The van der Waals surface area contributed by atoms with Gasteiger partial charge in [-0.3, -0.25) is 9.48 Å². The molecule has 92 valence electrons. The molecule has 0 radical (unpaired) electrons. The third-order valence-electron chi connectivity index (χ3n) is 2.38. The minimum Gasteiger partial charge on any atom is -0.465 e. The quantitative estimate of drug-likeness (QED) is 0.460. The van der Waals surface area contributed by atoms with E-state index in [0.29, 0.717) is 5.69 Å². The van der Waals surface area contributed by atoms with Crippen molar-refractivity contribution in [2.45, 2.75) is 13.5 Å². The Kier molecular flexibility index (Phi) is 3.91. The molecule has 0 unspecified atom stereocenters. The predicted molar refractivity (Wildman–Crippen MR) is 69.1 cm³/mol. The zero-order valence-corrected chi connectivity index (χ0v) is 10.1. The lowest BCUT2D eigenvalue weighted by Crippen LogP contribution is -1.99. The molecule has 0 aliphatic carbocycles. The standard InChI is InChI=1S/C14H14N2O2/c1-2-16-10-9-13(15-16)14(17)8-4-3-6-12-7-5-11-18-12/h3-11H,2H2,1H3/b6-3+,8-4+. The Bertz CT molecular complexity index is 562. The van der Waals surface area contributed by atoms with Crippen molar-refractivity contribution in [1.29, 1.82) is 0 Å². The summed E-state index contributed by atoms with van der Waals surface area (Å²) in [5, 5.41) is 4.13. The van der Waals surface area contributed by atoms with Crippen molar-refractivity contribution in [3.05, 3.63) is 60.3 Å². The van der Waals surface area contributed by atoms with E-state index in [2.05, 4.69) is 5.10 Å². The first-order valence-electron chi connectivity index (χ1n) is 5.75. The second kappa shape index (κ2) is 5.82. The van der Waals surface area contributed by atoms with Gasteiger partial charge in [-0.25, -0.2) is 0 Å². The number of allylic oxidation sites excluding steroid dienone is 3. The molecule has 0 saturated carbocycles. The lowest BCUT2D eigenvalue weighted by molar-refractivity contribution is 0.104. The Morgan fingerprint density at radius 1 is 1.44 bits per heavy atom. The number of nitrogens with zero attached hydrogens (tertiary/aromatic N) is 2. The van der Waals surface area contributed by atoms with Crippen LogP contribution in [0.15, 0.2) is 53.3 Å². The largest absolute Gasteiger partial charge is 0.465 e. The van der Waals surface area contributed by atoms with Crippen LogP contribution in [0.3, 0.4) is 0 Å². The molecule has 0 saturated heterocycles. The minimum absolute atomic E-state index is 0.105. The van der Waals surface area contributed by atoms with Crippen molar-refractivity contribution >= 4 is 11.9 Å². The van der Waals surface area contributed by atoms with Gasteiger partial charge in [-0.1, -0.05) is 12.2 Å². The van der Waals surface area contributed by atoms with Crippen molar-refractivity contribution in [3.63, 3.8) is 0 Å². The van der Waals surface area contributed by atoms with E-state index in [1.165, 1.54) is 6.08 Å². The molecule has 0 fully saturated rings. The Balaban J connectivity index is 1.94. The smallest absolute Gasteiger partial charge is 0.206 e. The van der Waals surface area contributed by atoms with E-state index in [4.69, 9.17) is 4.42 Å². The Morgan fingerprint density at radius 2 is 2.33 bits per heavy atom. The average Bonchev–Trinajstić information content (AvgIpc) is 3.05. The predicted octanol–water partition coefficient (Wildman–Crippen LogP) is 2.95. The van der Waals surface area contributed by atoms with Crippen LogP contribution < -0.4 is 0 Å². The van der Waals surface area contributed by atoms with E-state index in [-0.39, 0.29) is 5.78 Å². The van der Waals surface area contributed by atoms with Gasteiger partial charge in [0.1, 0.15) is 11.5 Å². The number of aromatic nitrogens is 2. The zero-order chi connectivity index (χ0) is 12.8. The van der Waals surface area contributed by atoms with Gasteiger partial charge in [-0.2, -0.15) is 5.10 Å². The van der Waals surface area contributed by atoms with Crippen LogP contribution in [-0.4, -0.2) is 15.6 Å². The number of carbonyl (C=O) groups is 1. The number of carbonyl (C=O) groups excluding carboxylic acids is 1. The van der Waals surface area contributed by atoms with Crippen LogP contribution in [-0.2, 0) is 6.54 Å². The van der Waals surface area contributed by atoms with E-state index >= 15 is 0 Å². The Labute approximate surface area is 105 Å². The third-order valence-corrected chi connectivity index (χ3v) is 2.38. The first-order valence-corrected chi connectivity index (χ1v) is 5.75. The summed E-state index contributed by atoms with van der Waals surface area (Å²) in [6.45, 7) is 2.73. The van der Waals surface area contributed by atoms with Gasteiger partial charge in [-0.05, 0) is 37.3 Å². The molecule has 0 aliphatic rings. The summed E-state index contributed by atoms with van der Waals surface area (Å²) in [6, 6.07) is 5.37. The molecule has 2 aromatic rings. The van der Waals surface area contributed by atoms with Gasteiger partial charge in [0.25, 0.3) is 0 Å². The van der Waals surface area contributed by atoms with Gasteiger partial charge < -0.3 is 4.42 Å². The van der Waals surface area contributed by atoms with Crippen LogP contribution >= 0.6 is 0 Å². The Morgan fingerprint density at radius 3 is 3.00 bits per heavy atom.